The van der Waals surface area contributed by atoms with Gasteiger partial charge in [-0.25, -0.2) is 4.98 Å². The fraction of sp³-hybridized carbons (Fsp3) is 0.611. The molecular weight excluding hydrogens is 304 g/mol. The van der Waals surface area contributed by atoms with Gasteiger partial charge in [-0.05, 0) is 37.9 Å². The highest BCUT2D eigenvalue weighted by Crippen LogP contribution is 2.17. The first-order chi connectivity index (χ1) is 11.5. The lowest BCUT2D eigenvalue weighted by Crippen LogP contribution is -2.47. The lowest BCUT2D eigenvalue weighted by atomic mass is 10.00. The van der Waals surface area contributed by atoms with Crippen LogP contribution in [0, 0.1) is 5.92 Å². The summed E-state index contributed by atoms with van der Waals surface area (Å²) in [7, 11) is 2.05. The molecule has 1 unspecified atom stereocenters. The number of likely N-dealkylation sites (tertiary alicyclic amines) is 1. The Labute approximate surface area is 143 Å². The average molecular weight is 330 g/mol. The molecule has 2 saturated heterocycles. The molecule has 1 aromatic rings. The number of nitrogens with zero attached hydrogens (tertiary/aromatic N) is 4. The Morgan fingerprint density at radius 1 is 1.00 bits per heavy atom. The molecule has 3 heterocycles. The number of carbonyl (C=O) groups excluding carboxylic acids is 2. The maximum atomic E-state index is 12.7. The summed E-state index contributed by atoms with van der Waals surface area (Å²) in [6, 6.07) is 5.18. The van der Waals surface area contributed by atoms with Crippen LogP contribution in [-0.2, 0) is 0 Å². The Morgan fingerprint density at radius 3 is 2.25 bits per heavy atom. The Morgan fingerprint density at radius 2 is 1.62 bits per heavy atom. The van der Waals surface area contributed by atoms with Crippen molar-refractivity contribution in [1.82, 2.24) is 19.7 Å². The second kappa shape index (κ2) is 7.30. The van der Waals surface area contributed by atoms with Gasteiger partial charge in [0.15, 0.2) is 0 Å². The maximum absolute atomic E-state index is 12.7. The molecule has 2 aliphatic heterocycles. The Balaban J connectivity index is 1.71. The molecule has 0 aliphatic carbocycles. The van der Waals surface area contributed by atoms with E-state index in [-0.39, 0.29) is 11.8 Å². The van der Waals surface area contributed by atoms with E-state index in [9.17, 15) is 9.59 Å². The quantitative estimate of drug-likeness (QED) is 0.821. The largest absolute Gasteiger partial charge is 0.337 e. The fourth-order valence-corrected chi connectivity index (χ4v) is 3.38. The molecule has 2 amide bonds. The van der Waals surface area contributed by atoms with Gasteiger partial charge in [-0.2, -0.15) is 0 Å². The van der Waals surface area contributed by atoms with Crippen molar-refractivity contribution in [2.24, 2.45) is 5.92 Å². The molecule has 2 fully saturated rings. The van der Waals surface area contributed by atoms with Gasteiger partial charge in [-0.1, -0.05) is 13.0 Å². The molecule has 0 radical (unpaired) electrons. The molecule has 6 heteroatoms. The normalized spacial score (nSPS) is 22.5. The van der Waals surface area contributed by atoms with Crippen molar-refractivity contribution < 1.29 is 9.59 Å². The number of piperazine rings is 1. The van der Waals surface area contributed by atoms with Gasteiger partial charge < -0.3 is 14.7 Å². The van der Waals surface area contributed by atoms with Gasteiger partial charge in [-0.3, -0.25) is 9.59 Å². The number of carbonyl (C=O) groups is 2. The molecule has 130 valence electrons. The van der Waals surface area contributed by atoms with Gasteiger partial charge in [0.1, 0.15) is 11.4 Å². The Kier molecular flexibility index (Phi) is 5.14. The van der Waals surface area contributed by atoms with E-state index in [1.807, 2.05) is 9.80 Å². The average Bonchev–Trinajstić information content (AvgIpc) is 2.61. The summed E-state index contributed by atoms with van der Waals surface area (Å²) < 4.78 is 0. The summed E-state index contributed by atoms with van der Waals surface area (Å²) in [5.74, 6) is 0.386. The van der Waals surface area contributed by atoms with E-state index in [4.69, 9.17) is 0 Å². The first-order valence-corrected chi connectivity index (χ1v) is 8.79. The van der Waals surface area contributed by atoms with E-state index in [2.05, 4.69) is 23.9 Å². The van der Waals surface area contributed by atoms with E-state index in [0.29, 0.717) is 30.4 Å². The number of aromatic nitrogens is 1. The zero-order valence-electron chi connectivity index (χ0n) is 14.6. The maximum Gasteiger partial charge on any atom is 0.272 e. The first kappa shape index (κ1) is 16.9. The van der Waals surface area contributed by atoms with Gasteiger partial charge in [0, 0.05) is 39.3 Å². The second-order valence-electron chi connectivity index (χ2n) is 7.00. The molecule has 0 bridgehead atoms. The Hall–Kier alpha value is -1.95. The van der Waals surface area contributed by atoms with Crippen LogP contribution >= 0.6 is 0 Å². The molecule has 1 aromatic heterocycles. The standard InChI is InChI=1S/C18H26N4O2/c1-14-5-4-8-22(13-14)18(24)16-7-3-6-15(19-16)17(23)21-11-9-20(2)10-12-21/h3,6-7,14H,4-5,8-13H2,1-2H3. The van der Waals surface area contributed by atoms with Gasteiger partial charge in [0.25, 0.3) is 11.8 Å². The molecule has 1 atom stereocenters. The summed E-state index contributed by atoms with van der Waals surface area (Å²) >= 11 is 0. The van der Waals surface area contributed by atoms with Crippen molar-refractivity contribution in [1.29, 1.82) is 0 Å². The number of hydrogen-bond donors (Lipinski definition) is 0. The second-order valence-corrected chi connectivity index (χ2v) is 7.00. The van der Waals surface area contributed by atoms with Crippen molar-refractivity contribution in [2.75, 3.05) is 46.3 Å². The molecule has 6 nitrogen and oxygen atoms in total. The van der Waals surface area contributed by atoms with E-state index < -0.39 is 0 Å². The van der Waals surface area contributed by atoms with E-state index in [0.717, 1.165) is 32.6 Å². The monoisotopic (exact) mass is 330 g/mol. The minimum Gasteiger partial charge on any atom is -0.337 e. The number of rotatable bonds is 2. The summed E-state index contributed by atoms with van der Waals surface area (Å²) in [6.45, 7) is 6.88. The first-order valence-electron chi connectivity index (χ1n) is 8.79. The van der Waals surface area contributed by atoms with Crippen molar-refractivity contribution in [3.05, 3.63) is 29.6 Å². The van der Waals surface area contributed by atoms with Gasteiger partial charge in [0.05, 0.1) is 0 Å². The highest BCUT2D eigenvalue weighted by molar-refractivity contribution is 5.96. The lowest BCUT2D eigenvalue weighted by molar-refractivity contribution is 0.0655. The van der Waals surface area contributed by atoms with Crippen LogP contribution in [0.15, 0.2) is 18.2 Å². The van der Waals surface area contributed by atoms with Crippen molar-refractivity contribution in [3.63, 3.8) is 0 Å². The molecule has 0 saturated carbocycles. The third-order valence-corrected chi connectivity index (χ3v) is 4.92. The highest BCUT2D eigenvalue weighted by atomic mass is 16.2. The van der Waals surface area contributed by atoms with Crippen LogP contribution in [0.4, 0.5) is 0 Å². The Bertz CT molecular complexity index is 611. The minimum absolute atomic E-state index is 0.0606. The molecule has 2 aliphatic rings. The zero-order valence-corrected chi connectivity index (χ0v) is 14.6. The van der Waals surface area contributed by atoms with Crippen molar-refractivity contribution in [2.45, 2.75) is 19.8 Å². The summed E-state index contributed by atoms with van der Waals surface area (Å²) in [6.07, 6.45) is 2.20. The predicted octanol–water partition coefficient (Wildman–Crippen LogP) is 1.34. The van der Waals surface area contributed by atoms with Crippen molar-refractivity contribution in [3.8, 4) is 0 Å². The molecule has 0 aromatic carbocycles. The smallest absolute Gasteiger partial charge is 0.272 e. The summed E-state index contributed by atoms with van der Waals surface area (Å²) in [5, 5.41) is 0. The van der Waals surface area contributed by atoms with E-state index in [1.165, 1.54) is 6.42 Å². The van der Waals surface area contributed by atoms with Crippen LogP contribution in [0.2, 0.25) is 0 Å². The van der Waals surface area contributed by atoms with Gasteiger partial charge in [-0.15, -0.1) is 0 Å². The number of pyridine rings is 1. The van der Waals surface area contributed by atoms with Crippen LogP contribution in [0.3, 0.4) is 0 Å². The highest BCUT2D eigenvalue weighted by Gasteiger charge is 2.25. The van der Waals surface area contributed by atoms with Crippen LogP contribution in [0.5, 0.6) is 0 Å². The number of amides is 2. The third-order valence-electron chi connectivity index (χ3n) is 4.92. The SMILES string of the molecule is CC1CCCN(C(=O)c2cccc(C(=O)N3CCN(C)CC3)n2)C1. The van der Waals surface area contributed by atoms with Crippen LogP contribution in [0.1, 0.15) is 40.7 Å². The van der Waals surface area contributed by atoms with Crippen LogP contribution in [-0.4, -0.2) is 77.8 Å². The zero-order chi connectivity index (χ0) is 17.1. The van der Waals surface area contributed by atoms with Gasteiger partial charge in [0.2, 0.25) is 0 Å². The number of likely N-dealkylation sites (N-methyl/N-ethyl adjacent to an activating group) is 1. The number of hydrogen-bond acceptors (Lipinski definition) is 4. The predicted molar refractivity (Wildman–Crippen MR) is 91.9 cm³/mol. The van der Waals surface area contributed by atoms with Gasteiger partial charge >= 0.3 is 0 Å². The molecule has 24 heavy (non-hydrogen) atoms. The fourth-order valence-electron chi connectivity index (χ4n) is 3.38. The van der Waals surface area contributed by atoms with Crippen LogP contribution in [0.25, 0.3) is 0 Å². The number of piperidine rings is 1. The lowest BCUT2D eigenvalue weighted by Gasteiger charge is -2.32. The van der Waals surface area contributed by atoms with E-state index in [1.54, 1.807) is 18.2 Å². The molecule has 0 spiro atoms. The molecule has 3 rings (SSSR count). The van der Waals surface area contributed by atoms with E-state index >= 15 is 0 Å². The molecule has 0 N–H and O–H groups in total. The molecular formula is C18H26N4O2. The summed E-state index contributed by atoms with van der Waals surface area (Å²) in [5.41, 5.74) is 0.750. The topological polar surface area (TPSA) is 56.8 Å². The van der Waals surface area contributed by atoms with Crippen LogP contribution < -0.4 is 0 Å². The summed E-state index contributed by atoms with van der Waals surface area (Å²) in [4.78, 5) is 35.6. The minimum atomic E-state index is -0.0789. The third kappa shape index (κ3) is 3.75. The van der Waals surface area contributed by atoms with Crippen molar-refractivity contribution >= 4 is 11.8 Å².